The molecular weight excluding hydrogens is 336 g/mol. The van der Waals surface area contributed by atoms with Crippen LogP contribution in [0.5, 0.6) is 5.75 Å². The number of aliphatic hydroxyl groups excluding tert-OH is 1. The molecule has 146 valence electrons. The Labute approximate surface area is 163 Å². The largest absolute Gasteiger partial charge is 0.491 e. The van der Waals surface area contributed by atoms with Gasteiger partial charge in [0.1, 0.15) is 18.5 Å². The molecule has 1 N–H and O–H groups in total. The van der Waals surface area contributed by atoms with Crippen LogP contribution in [0, 0.1) is 0 Å². The maximum Gasteiger partial charge on any atom is 0.119 e. The second-order valence-corrected chi connectivity index (χ2v) is 8.36. The van der Waals surface area contributed by atoms with E-state index in [0.717, 1.165) is 31.9 Å². The molecule has 2 aromatic carbocycles. The van der Waals surface area contributed by atoms with Crippen molar-refractivity contribution in [2.45, 2.75) is 32.3 Å². The summed E-state index contributed by atoms with van der Waals surface area (Å²) in [5, 5.41) is 10.3. The highest BCUT2D eigenvalue weighted by molar-refractivity contribution is 5.46. The van der Waals surface area contributed by atoms with E-state index in [-0.39, 0.29) is 5.41 Å². The number of β-amino-alcohol motifs (C(OH)–C–C–N with tert-alkyl or cyclic N) is 1. The van der Waals surface area contributed by atoms with Gasteiger partial charge in [-0.25, -0.2) is 0 Å². The first-order valence-electron chi connectivity index (χ1n) is 9.85. The van der Waals surface area contributed by atoms with Crippen LogP contribution in [0.25, 0.3) is 0 Å². The Morgan fingerprint density at radius 1 is 0.926 bits per heavy atom. The van der Waals surface area contributed by atoms with E-state index < -0.39 is 6.10 Å². The van der Waals surface area contributed by atoms with Crippen LogP contribution in [-0.4, -0.2) is 55.4 Å². The van der Waals surface area contributed by atoms with E-state index in [2.05, 4.69) is 67.0 Å². The third-order valence-electron chi connectivity index (χ3n) is 5.13. The van der Waals surface area contributed by atoms with Gasteiger partial charge in [0.15, 0.2) is 0 Å². The smallest absolute Gasteiger partial charge is 0.119 e. The fraction of sp³-hybridized carbons (Fsp3) is 0.478. The van der Waals surface area contributed by atoms with E-state index >= 15 is 0 Å². The van der Waals surface area contributed by atoms with Crippen LogP contribution in [0.15, 0.2) is 54.6 Å². The van der Waals surface area contributed by atoms with Gasteiger partial charge in [-0.1, -0.05) is 51.1 Å². The van der Waals surface area contributed by atoms with Gasteiger partial charge in [0, 0.05) is 38.4 Å². The van der Waals surface area contributed by atoms with E-state index in [4.69, 9.17) is 4.74 Å². The average Bonchev–Trinajstić information content (AvgIpc) is 2.67. The number of rotatable bonds is 6. The molecule has 1 aliphatic heterocycles. The van der Waals surface area contributed by atoms with Gasteiger partial charge in [0.25, 0.3) is 0 Å². The Kier molecular flexibility index (Phi) is 6.40. The summed E-state index contributed by atoms with van der Waals surface area (Å²) < 4.78 is 5.78. The topological polar surface area (TPSA) is 35.9 Å². The van der Waals surface area contributed by atoms with Crippen molar-refractivity contribution in [2.24, 2.45) is 0 Å². The van der Waals surface area contributed by atoms with E-state index in [9.17, 15) is 5.11 Å². The van der Waals surface area contributed by atoms with Crippen molar-refractivity contribution in [3.05, 3.63) is 60.2 Å². The molecule has 0 aromatic heterocycles. The quantitative estimate of drug-likeness (QED) is 0.846. The lowest BCUT2D eigenvalue weighted by Crippen LogP contribution is -2.49. The molecule has 1 unspecified atom stereocenters. The zero-order valence-electron chi connectivity index (χ0n) is 16.8. The molecule has 27 heavy (non-hydrogen) atoms. The second kappa shape index (κ2) is 8.77. The number of para-hydroxylation sites is 1. The third-order valence-corrected chi connectivity index (χ3v) is 5.13. The molecule has 1 saturated heterocycles. The normalized spacial score (nSPS) is 17.0. The summed E-state index contributed by atoms with van der Waals surface area (Å²) in [5.74, 6) is 0.816. The van der Waals surface area contributed by atoms with E-state index in [1.54, 1.807) is 0 Å². The molecular formula is C23H32N2O2. The molecule has 0 spiro atoms. The zero-order chi connectivity index (χ0) is 19.3. The van der Waals surface area contributed by atoms with Crippen molar-refractivity contribution < 1.29 is 9.84 Å². The summed E-state index contributed by atoms with van der Waals surface area (Å²) in [5.41, 5.74) is 2.70. The molecule has 0 bridgehead atoms. The molecule has 1 aliphatic rings. The second-order valence-electron chi connectivity index (χ2n) is 8.36. The van der Waals surface area contributed by atoms with Gasteiger partial charge in [-0.05, 0) is 35.2 Å². The zero-order valence-corrected chi connectivity index (χ0v) is 16.8. The average molecular weight is 369 g/mol. The highest BCUT2D eigenvalue weighted by Gasteiger charge is 2.20. The van der Waals surface area contributed by atoms with Gasteiger partial charge in [-0.15, -0.1) is 0 Å². The first kappa shape index (κ1) is 19.7. The van der Waals surface area contributed by atoms with Gasteiger partial charge >= 0.3 is 0 Å². The summed E-state index contributed by atoms with van der Waals surface area (Å²) in [7, 11) is 0. The Morgan fingerprint density at radius 2 is 1.56 bits per heavy atom. The molecule has 0 aliphatic carbocycles. The molecule has 3 rings (SSSR count). The van der Waals surface area contributed by atoms with Crippen LogP contribution < -0.4 is 9.64 Å². The number of benzene rings is 2. The van der Waals surface area contributed by atoms with Crippen LogP contribution >= 0.6 is 0 Å². The number of ether oxygens (including phenoxy) is 1. The Morgan fingerprint density at radius 3 is 2.15 bits per heavy atom. The SMILES string of the molecule is CC(C)(C)c1ccc(OCC(O)CN2CCN(c3ccccc3)CC2)cc1. The van der Waals surface area contributed by atoms with Gasteiger partial charge in [-0.2, -0.15) is 0 Å². The van der Waals surface area contributed by atoms with Gasteiger partial charge in [0.05, 0.1) is 0 Å². The molecule has 0 saturated carbocycles. The van der Waals surface area contributed by atoms with Crippen LogP contribution in [0.3, 0.4) is 0 Å². The number of nitrogens with zero attached hydrogens (tertiary/aromatic N) is 2. The van der Waals surface area contributed by atoms with Crippen molar-refractivity contribution in [1.29, 1.82) is 0 Å². The number of piperazine rings is 1. The van der Waals surface area contributed by atoms with E-state index in [0.29, 0.717) is 13.2 Å². The summed E-state index contributed by atoms with van der Waals surface area (Å²) >= 11 is 0. The maximum absolute atomic E-state index is 10.3. The molecule has 1 atom stereocenters. The first-order valence-corrected chi connectivity index (χ1v) is 9.85. The van der Waals surface area contributed by atoms with Crippen molar-refractivity contribution in [3.8, 4) is 5.75 Å². The lowest BCUT2D eigenvalue weighted by atomic mass is 9.87. The first-order chi connectivity index (χ1) is 12.9. The predicted octanol–water partition coefficient (Wildman–Crippen LogP) is 3.55. The molecule has 1 fully saturated rings. The van der Waals surface area contributed by atoms with E-state index in [1.165, 1.54) is 11.3 Å². The Bertz CT molecular complexity index is 687. The Hall–Kier alpha value is -2.04. The van der Waals surface area contributed by atoms with Gasteiger partial charge in [0.2, 0.25) is 0 Å². The van der Waals surface area contributed by atoms with Crippen molar-refractivity contribution in [2.75, 3.05) is 44.2 Å². The van der Waals surface area contributed by atoms with Crippen LogP contribution in [-0.2, 0) is 5.41 Å². The number of hydrogen-bond donors (Lipinski definition) is 1. The lowest BCUT2D eigenvalue weighted by Gasteiger charge is -2.36. The monoisotopic (exact) mass is 368 g/mol. The van der Waals surface area contributed by atoms with Gasteiger partial charge < -0.3 is 14.7 Å². The van der Waals surface area contributed by atoms with E-state index in [1.807, 2.05) is 18.2 Å². The highest BCUT2D eigenvalue weighted by atomic mass is 16.5. The highest BCUT2D eigenvalue weighted by Crippen LogP contribution is 2.24. The lowest BCUT2D eigenvalue weighted by molar-refractivity contribution is 0.0663. The standard InChI is InChI=1S/C23H32N2O2/c1-23(2,3)19-9-11-22(12-10-19)27-18-21(26)17-24-13-15-25(16-14-24)20-7-5-4-6-8-20/h4-12,21,26H,13-18H2,1-3H3. The number of aliphatic hydroxyl groups is 1. The Balaban J connectivity index is 1.40. The fourth-order valence-electron chi connectivity index (χ4n) is 3.42. The van der Waals surface area contributed by atoms with Crippen molar-refractivity contribution >= 4 is 5.69 Å². The summed E-state index contributed by atoms with van der Waals surface area (Å²) in [6.07, 6.45) is -0.476. The molecule has 4 heteroatoms. The third kappa shape index (κ3) is 5.72. The van der Waals surface area contributed by atoms with Crippen molar-refractivity contribution in [1.82, 2.24) is 4.90 Å². The number of anilines is 1. The molecule has 1 heterocycles. The molecule has 0 radical (unpaired) electrons. The fourth-order valence-corrected chi connectivity index (χ4v) is 3.42. The summed E-state index contributed by atoms with van der Waals surface area (Å²) in [6.45, 7) is 11.5. The molecule has 2 aromatic rings. The summed E-state index contributed by atoms with van der Waals surface area (Å²) in [4.78, 5) is 4.71. The van der Waals surface area contributed by atoms with Gasteiger partial charge in [-0.3, -0.25) is 4.90 Å². The summed E-state index contributed by atoms with van der Waals surface area (Å²) in [6, 6.07) is 18.7. The minimum atomic E-state index is -0.476. The van der Waals surface area contributed by atoms with Crippen LogP contribution in [0.2, 0.25) is 0 Å². The maximum atomic E-state index is 10.3. The van der Waals surface area contributed by atoms with Crippen LogP contribution in [0.4, 0.5) is 5.69 Å². The molecule has 4 nitrogen and oxygen atoms in total. The minimum Gasteiger partial charge on any atom is -0.491 e. The van der Waals surface area contributed by atoms with Crippen molar-refractivity contribution in [3.63, 3.8) is 0 Å². The molecule has 0 amide bonds. The minimum absolute atomic E-state index is 0.139. The predicted molar refractivity (Wildman–Crippen MR) is 112 cm³/mol. The van der Waals surface area contributed by atoms with Crippen LogP contribution in [0.1, 0.15) is 26.3 Å². The number of hydrogen-bond acceptors (Lipinski definition) is 4.